The van der Waals surface area contributed by atoms with Crippen molar-refractivity contribution in [2.24, 2.45) is 0 Å². The van der Waals surface area contributed by atoms with Gasteiger partial charge in [-0.2, -0.15) is 4.31 Å². The smallest absolute Gasteiger partial charge is 0.317 e. The summed E-state index contributed by atoms with van der Waals surface area (Å²) in [5, 5.41) is 2.81. The molecule has 24 heavy (non-hydrogen) atoms. The topological polar surface area (TPSA) is 98.4 Å². The molecule has 2 N–H and O–H groups in total. The summed E-state index contributed by atoms with van der Waals surface area (Å²) in [5.41, 5.74) is 1.42. The van der Waals surface area contributed by atoms with Crippen molar-refractivity contribution in [1.82, 2.24) is 24.5 Å². The highest BCUT2D eigenvalue weighted by atomic mass is 32.2. The Balaban J connectivity index is 1.69. The van der Waals surface area contributed by atoms with E-state index in [1.54, 1.807) is 23.1 Å². The molecule has 0 saturated carbocycles. The van der Waals surface area contributed by atoms with E-state index >= 15 is 0 Å². The van der Waals surface area contributed by atoms with Crippen LogP contribution >= 0.6 is 0 Å². The molecule has 2 amide bonds. The molecular weight excluding hydrogens is 330 g/mol. The Morgan fingerprint density at radius 1 is 1.29 bits per heavy atom. The Morgan fingerprint density at radius 3 is 2.75 bits per heavy atom. The van der Waals surface area contributed by atoms with Crippen molar-refractivity contribution in [1.29, 1.82) is 0 Å². The van der Waals surface area contributed by atoms with Gasteiger partial charge in [0.15, 0.2) is 0 Å². The van der Waals surface area contributed by atoms with E-state index in [2.05, 4.69) is 15.3 Å². The van der Waals surface area contributed by atoms with Gasteiger partial charge in [-0.3, -0.25) is 0 Å². The number of aromatic amines is 1. The first-order chi connectivity index (χ1) is 11.5. The Hall–Kier alpha value is -2.13. The molecule has 1 aromatic carbocycles. The monoisotopic (exact) mass is 351 g/mol. The Morgan fingerprint density at radius 2 is 2.04 bits per heavy atom. The molecule has 1 aromatic heterocycles. The molecule has 2 aromatic rings. The molecule has 1 fully saturated rings. The first kappa shape index (κ1) is 16.7. The highest BCUT2D eigenvalue weighted by Gasteiger charge is 2.30. The number of nitrogens with zero attached hydrogens (tertiary/aromatic N) is 3. The van der Waals surface area contributed by atoms with Gasteiger partial charge in [-0.15, -0.1) is 0 Å². The first-order valence-corrected chi connectivity index (χ1v) is 9.42. The number of nitrogens with one attached hydrogen (secondary N) is 2. The van der Waals surface area contributed by atoms with Crippen LogP contribution in [0.1, 0.15) is 13.3 Å². The fourth-order valence-corrected chi connectivity index (χ4v) is 4.15. The summed E-state index contributed by atoms with van der Waals surface area (Å²) in [6.07, 6.45) is 2.41. The molecule has 1 aliphatic rings. The summed E-state index contributed by atoms with van der Waals surface area (Å²) in [6.45, 7) is 3.98. The lowest BCUT2D eigenvalue weighted by atomic mass is 10.3. The summed E-state index contributed by atoms with van der Waals surface area (Å²) in [6, 6.07) is 4.72. The van der Waals surface area contributed by atoms with Gasteiger partial charge in [0.2, 0.25) is 10.0 Å². The highest BCUT2D eigenvalue weighted by Crippen LogP contribution is 2.21. The van der Waals surface area contributed by atoms with E-state index in [1.807, 2.05) is 6.92 Å². The van der Waals surface area contributed by atoms with Crippen LogP contribution in [-0.2, 0) is 10.0 Å². The van der Waals surface area contributed by atoms with Crippen molar-refractivity contribution in [2.45, 2.75) is 18.2 Å². The van der Waals surface area contributed by atoms with Crippen LogP contribution in [-0.4, -0.2) is 66.3 Å². The van der Waals surface area contributed by atoms with Gasteiger partial charge in [-0.1, -0.05) is 6.92 Å². The molecular formula is C15H21N5O3S. The van der Waals surface area contributed by atoms with Crippen LogP contribution in [0.25, 0.3) is 11.0 Å². The molecule has 0 spiro atoms. The van der Waals surface area contributed by atoms with Crippen molar-refractivity contribution in [3.05, 3.63) is 24.5 Å². The molecule has 3 rings (SSSR count). The molecule has 0 bridgehead atoms. The molecule has 2 heterocycles. The van der Waals surface area contributed by atoms with E-state index in [9.17, 15) is 13.2 Å². The zero-order valence-corrected chi connectivity index (χ0v) is 14.3. The molecule has 0 atom stereocenters. The second-order valence-electron chi connectivity index (χ2n) is 5.70. The maximum Gasteiger partial charge on any atom is 0.317 e. The number of hydrogen-bond donors (Lipinski definition) is 2. The lowest BCUT2D eigenvalue weighted by Crippen LogP contribution is -2.53. The summed E-state index contributed by atoms with van der Waals surface area (Å²) in [7, 11) is -3.57. The van der Waals surface area contributed by atoms with Gasteiger partial charge < -0.3 is 15.2 Å². The van der Waals surface area contributed by atoms with E-state index < -0.39 is 10.0 Å². The predicted octanol–water partition coefficient (Wildman–Crippen LogP) is 0.989. The number of imidazole rings is 1. The van der Waals surface area contributed by atoms with Crippen molar-refractivity contribution in [2.75, 3.05) is 32.7 Å². The quantitative estimate of drug-likeness (QED) is 0.858. The fraction of sp³-hybridized carbons (Fsp3) is 0.467. The molecule has 9 heteroatoms. The predicted molar refractivity (Wildman–Crippen MR) is 90.1 cm³/mol. The van der Waals surface area contributed by atoms with Crippen molar-refractivity contribution in [3.8, 4) is 0 Å². The van der Waals surface area contributed by atoms with Crippen LogP contribution in [0.5, 0.6) is 0 Å². The van der Waals surface area contributed by atoms with Crippen LogP contribution in [0, 0.1) is 0 Å². The summed E-state index contributed by atoms with van der Waals surface area (Å²) in [5.74, 6) is 0. The maximum atomic E-state index is 12.8. The van der Waals surface area contributed by atoms with Crippen molar-refractivity contribution in [3.63, 3.8) is 0 Å². The molecule has 130 valence electrons. The van der Waals surface area contributed by atoms with E-state index in [4.69, 9.17) is 0 Å². The number of sulfonamides is 1. The number of carbonyl (C=O) groups is 1. The SMILES string of the molecule is CCCNC(=O)N1CCN(S(=O)(=O)c2ccc3nc[nH]c3c2)CC1. The summed E-state index contributed by atoms with van der Waals surface area (Å²) < 4.78 is 27.0. The van der Waals surface area contributed by atoms with Gasteiger partial charge in [-0.25, -0.2) is 18.2 Å². The van der Waals surface area contributed by atoms with Gasteiger partial charge in [0.25, 0.3) is 0 Å². The minimum Gasteiger partial charge on any atom is -0.345 e. The minimum absolute atomic E-state index is 0.132. The van der Waals surface area contributed by atoms with E-state index in [0.29, 0.717) is 38.2 Å². The number of amides is 2. The Bertz CT molecular complexity index is 825. The van der Waals surface area contributed by atoms with Gasteiger partial charge in [-0.05, 0) is 24.6 Å². The number of hydrogen-bond acceptors (Lipinski definition) is 4. The Labute approximate surface area is 140 Å². The number of urea groups is 1. The Kier molecular flexibility index (Phi) is 4.72. The number of aromatic nitrogens is 2. The summed E-state index contributed by atoms with van der Waals surface area (Å²) in [4.78, 5) is 20.8. The lowest BCUT2D eigenvalue weighted by molar-refractivity contribution is 0.172. The van der Waals surface area contributed by atoms with Crippen LogP contribution in [0.2, 0.25) is 0 Å². The second kappa shape index (κ2) is 6.78. The third-order valence-corrected chi connectivity index (χ3v) is 5.98. The molecule has 0 unspecified atom stereocenters. The molecule has 8 nitrogen and oxygen atoms in total. The van der Waals surface area contributed by atoms with E-state index in [0.717, 1.165) is 11.9 Å². The van der Waals surface area contributed by atoms with Crippen molar-refractivity contribution < 1.29 is 13.2 Å². The third-order valence-electron chi connectivity index (χ3n) is 4.08. The average molecular weight is 351 g/mol. The lowest BCUT2D eigenvalue weighted by Gasteiger charge is -2.34. The fourth-order valence-electron chi connectivity index (χ4n) is 2.70. The second-order valence-corrected chi connectivity index (χ2v) is 7.64. The minimum atomic E-state index is -3.57. The number of fused-ring (bicyclic) bond motifs is 1. The van der Waals surface area contributed by atoms with E-state index in [1.165, 1.54) is 10.6 Å². The number of H-pyrrole nitrogens is 1. The number of rotatable bonds is 4. The number of benzene rings is 1. The van der Waals surface area contributed by atoms with Crippen LogP contribution in [0.15, 0.2) is 29.4 Å². The normalized spacial score (nSPS) is 16.5. The largest absolute Gasteiger partial charge is 0.345 e. The van der Waals surface area contributed by atoms with E-state index in [-0.39, 0.29) is 10.9 Å². The van der Waals surface area contributed by atoms with Gasteiger partial charge in [0, 0.05) is 32.7 Å². The van der Waals surface area contributed by atoms with Crippen molar-refractivity contribution >= 4 is 27.1 Å². The zero-order chi connectivity index (χ0) is 17.2. The van der Waals surface area contributed by atoms with Gasteiger partial charge >= 0.3 is 6.03 Å². The summed E-state index contributed by atoms with van der Waals surface area (Å²) >= 11 is 0. The zero-order valence-electron chi connectivity index (χ0n) is 13.5. The average Bonchev–Trinajstić information content (AvgIpc) is 3.07. The highest BCUT2D eigenvalue weighted by molar-refractivity contribution is 7.89. The van der Waals surface area contributed by atoms with Crippen LogP contribution in [0.3, 0.4) is 0 Å². The molecule has 0 aliphatic carbocycles. The maximum absolute atomic E-state index is 12.8. The molecule has 1 saturated heterocycles. The standard InChI is InChI=1S/C15H21N5O3S/c1-2-5-16-15(21)19-6-8-20(9-7-19)24(22,23)12-3-4-13-14(10-12)18-11-17-13/h3-4,10-11H,2,5-9H2,1H3,(H,16,21)(H,17,18). The van der Waals surface area contributed by atoms with Gasteiger partial charge in [0.05, 0.1) is 22.3 Å². The van der Waals surface area contributed by atoms with Crippen LogP contribution in [0.4, 0.5) is 4.79 Å². The van der Waals surface area contributed by atoms with Crippen LogP contribution < -0.4 is 5.32 Å². The first-order valence-electron chi connectivity index (χ1n) is 7.98. The number of piperazine rings is 1. The van der Waals surface area contributed by atoms with Gasteiger partial charge in [0.1, 0.15) is 0 Å². The molecule has 0 radical (unpaired) electrons. The molecule has 1 aliphatic heterocycles. The number of carbonyl (C=O) groups excluding carboxylic acids is 1. The third kappa shape index (κ3) is 3.22.